The molecule has 0 radical (unpaired) electrons. The van der Waals surface area contributed by atoms with E-state index in [1.807, 2.05) is 0 Å². The zero-order chi connectivity index (χ0) is 12.4. The standard InChI is InChI=1S/C9H9N5O3/c1-13(9(16)17-8(10)15)6-2-3-12-14-5-4-11-7(6)14/h2-5H,1H3,(H2,10,15). The molecule has 2 heterocycles. The Morgan fingerprint density at radius 3 is 2.94 bits per heavy atom. The van der Waals surface area contributed by atoms with Gasteiger partial charge in [-0.15, -0.1) is 0 Å². The minimum absolute atomic E-state index is 0.455. The third-order valence-electron chi connectivity index (χ3n) is 2.10. The van der Waals surface area contributed by atoms with Crippen LogP contribution in [0.15, 0.2) is 24.7 Å². The molecular weight excluding hydrogens is 226 g/mol. The molecule has 0 bridgehead atoms. The molecule has 0 unspecified atom stereocenters. The van der Waals surface area contributed by atoms with Crippen LogP contribution in [-0.2, 0) is 4.74 Å². The summed E-state index contributed by atoms with van der Waals surface area (Å²) in [5, 5.41) is 3.99. The van der Waals surface area contributed by atoms with E-state index in [-0.39, 0.29) is 0 Å². The van der Waals surface area contributed by atoms with Gasteiger partial charge in [0.2, 0.25) is 0 Å². The topological polar surface area (TPSA) is 103 Å². The number of imidazole rings is 1. The second kappa shape index (κ2) is 4.08. The number of hydrogen-bond acceptors (Lipinski definition) is 5. The lowest BCUT2D eigenvalue weighted by atomic mass is 10.4. The van der Waals surface area contributed by atoms with E-state index in [0.29, 0.717) is 11.3 Å². The molecule has 0 aliphatic rings. The Morgan fingerprint density at radius 2 is 2.24 bits per heavy atom. The average Bonchev–Trinajstić information content (AvgIpc) is 2.74. The monoisotopic (exact) mass is 235 g/mol. The van der Waals surface area contributed by atoms with Crippen molar-refractivity contribution in [1.82, 2.24) is 14.6 Å². The van der Waals surface area contributed by atoms with Crippen molar-refractivity contribution in [2.24, 2.45) is 5.73 Å². The second-order valence-electron chi connectivity index (χ2n) is 3.16. The van der Waals surface area contributed by atoms with Crippen LogP contribution in [0.5, 0.6) is 0 Å². The second-order valence-corrected chi connectivity index (χ2v) is 3.16. The van der Waals surface area contributed by atoms with Crippen molar-refractivity contribution < 1.29 is 14.3 Å². The van der Waals surface area contributed by atoms with Crippen LogP contribution in [-0.4, -0.2) is 33.8 Å². The molecule has 0 atom stereocenters. The molecule has 0 saturated carbocycles. The third-order valence-corrected chi connectivity index (χ3v) is 2.10. The number of primary amides is 1. The number of aromatic nitrogens is 3. The minimum atomic E-state index is -1.16. The molecule has 0 fully saturated rings. The van der Waals surface area contributed by atoms with Crippen molar-refractivity contribution in [3.63, 3.8) is 0 Å². The summed E-state index contributed by atoms with van der Waals surface area (Å²) in [6.07, 6.45) is 2.63. The molecule has 0 aliphatic carbocycles. The van der Waals surface area contributed by atoms with Gasteiger partial charge < -0.3 is 10.5 Å². The summed E-state index contributed by atoms with van der Waals surface area (Å²) in [5.41, 5.74) is 5.68. The predicted molar refractivity (Wildman–Crippen MR) is 57.5 cm³/mol. The van der Waals surface area contributed by atoms with Gasteiger partial charge in [-0.25, -0.2) is 19.1 Å². The van der Waals surface area contributed by atoms with Crippen molar-refractivity contribution in [2.45, 2.75) is 0 Å². The smallest absolute Gasteiger partial charge is 0.359 e. The van der Waals surface area contributed by atoms with Crippen LogP contribution in [0.25, 0.3) is 5.65 Å². The quantitative estimate of drug-likeness (QED) is 0.720. The fraction of sp³-hybridized carbons (Fsp3) is 0.111. The highest BCUT2D eigenvalue weighted by Crippen LogP contribution is 2.17. The van der Waals surface area contributed by atoms with E-state index in [1.54, 1.807) is 18.5 Å². The first-order chi connectivity index (χ1) is 8.09. The highest BCUT2D eigenvalue weighted by molar-refractivity contribution is 5.96. The predicted octanol–water partition coefficient (Wildman–Crippen LogP) is 0.381. The zero-order valence-corrected chi connectivity index (χ0v) is 8.90. The van der Waals surface area contributed by atoms with Crippen molar-refractivity contribution in [3.8, 4) is 0 Å². The molecule has 88 valence electrons. The van der Waals surface area contributed by atoms with Crippen LogP contribution in [0.1, 0.15) is 0 Å². The number of carbonyl (C=O) groups excluding carboxylic acids is 2. The molecule has 2 rings (SSSR count). The van der Waals surface area contributed by atoms with Gasteiger partial charge in [0.15, 0.2) is 5.65 Å². The van der Waals surface area contributed by atoms with Crippen molar-refractivity contribution in [1.29, 1.82) is 0 Å². The van der Waals surface area contributed by atoms with Gasteiger partial charge in [0.05, 0.1) is 11.9 Å². The van der Waals surface area contributed by atoms with Gasteiger partial charge in [0.25, 0.3) is 0 Å². The maximum atomic E-state index is 11.5. The van der Waals surface area contributed by atoms with Crippen LogP contribution in [0.3, 0.4) is 0 Å². The number of amides is 2. The highest BCUT2D eigenvalue weighted by Gasteiger charge is 2.18. The van der Waals surface area contributed by atoms with Gasteiger partial charge in [0, 0.05) is 19.4 Å². The summed E-state index contributed by atoms with van der Waals surface area (Å²) in [6, 6.07) is 1.57. The van der Waals surface area contributed by atoms with Crippen molar-refractivity contribution in [3.05, 3.63) is 24.7 Å². The van der Waals surface area contributed by atoms with Crippen molar-refractivity contribution in [2.75, 3.05) is 11.9 Å². The molecule has 8 nitrogen and oxygen atoms in total. The minimum Gasteiger partial charge on any atom is -0.359 e. The number of ether oxygens (including phenoxy) is 1. The summed E-state index contributed by atoms with van der Waals surface area (Å²) in [5.74, 6) is 0. The zero-order valence-electron chi connectivity index (χ0n) is 8.90. The van der Waals surface area contributed by atoms with Crippen LogP contribution < -0.4 is 10.6 Å². The number of anilines is 1. The highest BCUT2D eigenvalue weighted by atomic mass is 16.6. The lowest BCUT2D eigenvalue weighted by Gasteiger charge is -2.15. The molecule has 0 spiro atoms. The van der Waals surface area contributed by atoms with Crippen LogP contribution >= 0.6 is 0 Å². The Hall–Kier alpha value is -2.64. The summed E-state index contributed by atoms with van der Waals surface area (Å²) in [6.45, 7) is 0. The third kappa shape index (κ3) is 2.00. The van der Waals surface area contributed by atoms with E-state index in [1.165, 1.54) is 17.8 Å². The normalized spacial score (nSPS) is 10.2. The molecule has 2 N–H and O–H groups in total. The fourth-order valence-electron chi connectivity index (χ4n) is 1.34. The van der Waals surface area contributed by atoms with E-state index in [0.717, 1.165) is 4.90 Å². The number of nitrogens with zero attached hydrogens (tertiary/aromatic N) is 4. The molecule has 0 aromatic carbocycles. The maximum absolute atomic E-state index is 11.5. The summed E-state index contributed by atoms with van der Waals surface area (Å²) in [7, 11) is 1.44. The summed E-state index contributed by atoms with van der Waals surface area (Å²) in [4.78, 5) is 27.1. The number of nitrogens with two attached hydrogens (primary N) is 1. The van der Waals surface area contributed by atoms with E-state index in [9.17, 15) is 9.59 Å². The Labute approximate surface area is 95.6 Å². The molecular formula is C9H9N5O3. The summed E-state index contributed by atoms with van der Waals surface area (Å²) < 4.78 is 5.75. The van der Waals surface area contributed by atoms with Gasteiger partial charge in [-0.3, -0.25) is 4.90 Å². The van der Waals surface area contributed by atoms with Gasteiger partial charge in [-0.1, -0.05) is 0 Å². The van der Waals surface area contributed by atoms with E-state index < -0.39 is 12.2 Å². The SMILES string of the molecule is CN(C(=O)OC(N)=O)c1ccnn2ccnc12. The van der Waals surface area contributed by atoms with E-state index in [2.05, 4.69) is 14.8 Å². The Bertz CT molecular complexity index is 579. The number of fused-ring (bicyclic) bond motifs is 1. The molecule has 0 aliphatic heterocycles. The lowest BCUT2D eigenvalue weighted by molar-refractivity contribution is 0.163. The summed E-state index contributed by atoms with van der Waals surface area (Å²) >= 11 is 0. The van der Waals surface area contributed by atoms with Gasteiger partial charge in [-0.2, -0.15) is 5.10 Å². The largest absolute Gasteiger partial charge is 0.423 e. The first kappa shape index (κ1) is 10.9. The molecule has 2 amide bonds. The van der Waals surface area contributed by atoms with E-state index >= 15 is 0 Å². The Morgan fingerprint density at radius 1 is 1.47 bits per heavy atom. The number of hydrogen-bond donors (Lipinski definition) is 1. The average molecular weight is 235 g/mol. The van der Waals surface area contributed by atoms with Crippen LogP contribution in [0, 0.1) is 0 Å². The van der Waals surface area contributed by atoms with Gasteiger partial charge in [0.1, 0.15) is 0 Å². The first-order valence-corrected chi connectivity index (χ1v) is 4.63. The van der Waals surface area contributed by atoms with Crippen LogP contribution in [0.2, 0.25) is 0 Å². The van der Waals surface area contributed by atoms with Gasteiger partial charge in [-0.05, 0) is 6.07 Å². The maximum Gasteiger partial charge on any atom is 0.423 e. The van der Waals surface area contributed by atoms with Crippen molar-refractivity contribution >= 4 is 23.5 Å². The Kier molecular flexibility index (Phi) is 2.61. The molecule has 2 aromatic heterocycles. The number of carbonyl (C=O) groups is 2. The van der Waals surface area contributed by atoms with Gasteiger partial charge >= 0.3 is 12.2 Å². The first-order valence-electron chi connectivity index (χ1n) is 4.63. The fourth-order valence-corrected chi connectivity index (χ4v) is 1.34. The molecule has 0 saturated heterocycles. The number of rotatable bonds is 1. The molecule has 8 heteroatoms. The lowest BCUT2D eigenvalue weighted by Crippen LogP contribution is -2.31. The molecule has 2 aromatic rings. The molecule has 17 heavy (non-hydrogen) atoms. The Balaban J connectivity index is 2.36. The van der Waals surface area contributed by atoms with Crippen LogP contribution in [0.4, 0.5) is 15.3 Å². The van der Waals surface area contributed by atoms with E-state index in [4.69, 9.17) is 5.73 Å².